The summed E-state index contributed by atoms with van der Waals surface area (Å²) in [7, 11) is 1.91. The van der Waals surface area contributed by atoms with Crippen LogP contribution in [-0.2, 0) is 7.05 Å². The number of hydrogen-bond acceptors (Lipinski definition) is 1. The molecule has 2 aromatic rings. The predicted molar refractivity (Wildman–Crippen MR) is 68.7 cm³/mol. The Balaban J connectivity index is 2.59. The molecule has 0 unspecified atom stereocenters. The molecule has 0 bridgehead atoms. The number of hydrogen-bond donors (Lipinski definition) is 0. The number of benzene rings is 1. The Morgan fingerprint density at radius 2 is 1.88 bits per heavy atom. The van der Waals surface area contributed by atoms with Crippen LogP contribution < -0.4 is 0 Å². The lowest BCUT2D eigenvalue weighted by Crippen LogP contribution is -1.96. The van der Waals surface area contributed by atoms with E-state index in [1.54, 1.807) is 0 Å². The van der Waals surface area contributed by atoms with Gasteiger partial charge in [-0.25, -0.2) is 0 Å². The van der Waals surface area contributed by atoms with Crippen molar-refractivity contribution in [1.82, 2.24) is 4.57 Å². The molecular formula is C13H12BrNO. The number of halogens is 1. The van der Waals surface area contributed by atoms with Crippen LogP contribution in [0.1, 0.15) is 16.1 Å². The summed E-state index contributed by atoms with van der Waals surface area (Å²) in [4.78, 5) is 10.8. The summed E-state index contributed by atoms with van der Waals surface area (Å²) in [5.41, 5.74) is 4.04. The number of rotatable bonds is 2. The highest BCUT2D eigenvalue weighted by atomic mass is 79.9. The second-order valence-corrected chi connectivity index (χ2v) is 4.70. The van der Waals surface area contributed by atoms with Gasteiger partial charge in [0.15, 0.2) is 6.29 Å². The zero-order valence-corrected chi connectivity index (χ0v) is 10.8. The van der Waals surface area contributed by atoms with Crippen LogP contribution in [0, 0.1) is 6.92 Å². The number of aldehydes is 1. The van der Waals surface area contributed by atoms with Gasteiger partial charge in [0.25, 0.3) is 0 Å². The van der Waals surface area contributed by atoms with Crippen LogP contribution in [0.4, 0.5) is 0 Å². The minimum absolute atomic E-state index is 0.704. The van der Waals surface area contributed by atoms with Crippen molar-refractivity contribution in [1.29, 1.82) is 0 Å². The standard InChI is InChI=1S/C13H12BrNO/c1-9-7-12(8-16)15(2)13(9)10-3-5-11(14)6-4-10/h3-8H,1-2H3. The van der Waals surface area contributed by atoms with E-state index in [1.807, 2.05) is 48.9 Å². The molecule has 0 saturated carbocycles. The normalized spacial score (nSPS) is 10.4. The molecule has 0 fully saturated rings. The van der Waals surface area contributed by atoms with Gasteiger partial charge < -0.3 is 4.57 Å². The fraction of sp³-hybridized carbons (Fsp3) is 0.154. The molecule has 0 spiro atoms. The maximum atomic E-state index is 10.8. The molecule has 0 N–H and O–H groups in total. The number of carbonyl (C=O) groups is 1. The van der Waals surface area contributed by atoms with Gasteiger partial charge in [0.2, 0.25) is 0 Å². The molecule has 2 rings (SSSR count). The first-order chi connectivity index (χ1) is 7.63. The first kappa shape index (κ1) is 11.1. The minimum atomic E-state index is 0.704. The molecule has 16 heavy (non-hydrogen) atoms. The Bertz CT molecular complexity index is 526. The molecule has 3 heteroatoms. The summed E-state index contributed by atoms with van der Waals surface area (Å²) in [6.07, 6.45) is 0.884. The van der Waals surface area contributed by atoms with Crippen LogP contribution in [0.25, 0.3) is 11.3 Å². The second kappa shape index (κ2) is 4.26. The SMILES string of the molecule is Cc1cc(C=O)n(C)c1-c1ccc(Br)cc1. The monoisotopic (exact) mass is 277 g/mol. The van der Waals surface area contributed by atoms with Crippen LogP contribution in [0.5, 0.6) is 0 Å². The molecular weight excluding hydrogens is 266 g/mol. The van der Waals surface area contributed by atoms with Crippen molar-refractivity contribution in [2.45, 2.75) is 6.92 Å². The van der Waals surface area contributed by atoms with Gasteiger partial charge in [-0.2, -0.15) is 0 Å². The highest BCUT2D eigenvalue weighted by molar-refractivity contribution is 9.10. The minimum Gasteiger partial charge on any atom is -0.341 e. The Morgan fingerprint density at radius 3 is 2.38 bits per heavy atom. The van der Waals surface area contributed by atoms with Crippen molar-refractivity contribution in [3.8, 4) is 11.3 Å². The Morgan fingerprint density at radius 1 is 1.25 bits per heavy atom. The molecule has 82 valence electrons. The summed E-state index contributed by atoms with van der Waals surface area (Å²) in [6, 6.07) is 10.00. The van der Waals surface area contributed by atoms with Crippen molar-refractivity contribution in [2.24, 2.45) is 7.05 Å². The highest BCUT2D eigenvalue weighted by Gasteiger charge is 2.10. The van der Waals surface area contributed by atoms with Crippen LogP contribution in [0.3, 0.4) is 0 Å². The number of aryl methyl sites for hydroxylation is 1. The quantitative estimate of drug-likeness (QED) is 0.770. The van der Waals surface area contributed by atoms with Crippen LogP contribution in [0.2, 0.25) is 0 Å². The van der Waals surface area contributed by atoms with Gasteiger partial charge in [0.05, 0.1) is 11.4 Å². The largest absolute Gasteiger partial charge is 0.341 e. The predicted octanol–water partition coefficient (Wildman–Crippen LogP) is 3.58. The van der Waals surface area contributed by atoms with Gasteiger partial charge >= 0.3 is 0 Å². The van der Waals surface area contributed by atoms with Crippen LogP contribution >= 0.6 is 15.9 Å². The molecule has 1 aromatic heterocycles. The van der Waals surface area contributed by atoms with E-state index in [4.69, 9.17) is 0 Å². The molecule has 0 amide bonds. The summed E-state index contributed by atoms with van der Waals surface area (Å²) in [5, 5.41) is 0. The summed E-state index contributed by atoms with van der Waals surface area (Å²) in [5.74, 6) is 0. The summed E-state index contributed by atoms with van der Waals surface area (Å²) < 4.78 is 2.98. The number of nitrogens with zero attached hydrogens (tertiary/aromatic N) is 1. The zero-order valence-electron chi connectivity index (χ0n) is 9.20. The van der Waals surface area contributed by atoms with Crippen molar-refractivity contribution in [3.05, 3.63) is 46.1 Å². The van der Waals surface area contributed by atoms with E-state index >= 15 is 0 Å². The maximum Gasteiger partial charge on any atom is 0.166 e. The fourth-order valence-electron chi connectivity index (χ4n) is 1.92. The third kappa shape index (κ3) is 1.83. The Hall–Kier alpha value is -1.35. The zero-order chi connectivity index (χ0) is 11.7. The first-order valence-corrected chi connectivity index (χ1v) is 5.80. The van der Waals surface area contributed by atoms with Crippen molar-refractivity contribution in [3.63, 3.8) is 0 Å². The van der Waals surface area contributed by atoms with Gasteiger partial charge in [-0.3, -0.25) is 4.79 Å². The first-order valence-electron chi connectivity index (χ1n) is 5.01. The lowest BCUT2D eigenvalue weighted by Gasteiger charge is -2.06. The molecule has 0 aliphatic rings. The van der Waals surface area contributed by atoms with Gasteiger partial charge in [-0.05, 0) is 36.2 Å². The fourth-order valence-corrected chi connectivity index (χ4v) is 2.19. The van der Waals surface area contributed by atoms with Gasteiger partial charge in [0, 0.05) is 11.5 Å². The van der Waals surface area contributed by atoms with Gasteiger partial charge in [0.1, 0.15) is 0 Å². The third-order valence-corrected chi connectivity index (χ3v) is 3.23. The lowest BCUT2D eigenvalue weighted by molar-refractivity contribution is 0.111. The number of carbonyl (C=O) groups excluding carboxylic acids is 1. The van der Waals surface area contributed by atoms with Gasteiger partial charge in [-0.1, -0.05) is 28.1 Å². The number of aromatic nitrogens is 1. The average Bonchev–Trinajstić information content (AvgIpc) is 2.56. The van der Waals surface area contributed by atoms with Crippen LogP contribution in [-0.4, -0.2) is 10.9 Å². The van der Waals surface area contributed by atoms with E-state index in [2.05, 4.69) is 15.9 Å². The maximum absolute atomic E-state index is 10.8. The third-order valence-electron chi connectivity index (χ3n) is 2.70. The molecule has 2 nitrogen and oxygen atoms in total. The summed E-state index contributed by atoms with van der Waals surface area (Å²) in [6.45, 7) is 2.02. The molecule has 1 heterocycles. The summed E-state index contributed by atoms with van der Waals surface area (Å²) >= 11 is 3.41. The highest BCUT2D eigenvalue weighted by Crippen LogP contribution is 2.26. The van der Waals surface area contributed by atoms with E-state index in [9.17, 15) is 4.79 Å². The Kier molecular flexibility index (Phi) is 2.97. The topological polar surface area (TPSA) is 22.0 Å². The Labute approximate surface area is 103 Å². The van der Waals surface area contributed by atoms with Crippen molar-refractivity contribution < 1.29 is 4.79 Å². The molecule has 0 radical (unpaired) electrons. The lowest BCUT2D eigenvalue weighted by atomic mass is 10.1. The molecule has 0 saturated heterocycles. The van der Waals surface area contributed by atoms with E-state index in [1.165, 1.54) is 0 Å². The van der Waals surface area contributed by atoms with Crippen LogP contribution in [0.15, 0.2) is 34.8 Å². The van der Waals surface area contributed by atoms with E-state index < -0.39 is 0 Å². The van der Waals surface area contributed by atoms with E-state index in [0.717, 1.165) is 27.6 Å². The van der Waals surface area contributed by atoms with Crippen molar-refractivity contribution in [2.75, 3.05) is 0 Å². The molecule has 0 atom stereocenters. The van der Waals surface area contributed by atoms with Crippen molar-refractivity contribution >= 4 is 22.2 Å². The smallest absolute Gasteiger partial charge is 0.166 e. The molecule has 1 aromatic carbocycles. The van der Waals surface area contributed by atoms with Gasteiger partial charge in [-0.15, -0.1) is 0 Å². The molecule has 0 aliphatic heterocycles. The average molecular weight is 278 g/mol. The van der Waals surface area contributed by atoms with E-state index in [-0.39, 0.29) is 0 Å². The second-order valence-electron chi connectivity index (χ2n) is 3.78. The van der Waals surface area contributed by atoms with E-state index in [0.29, 0.717) is 5.69 Å². The molecule has 0 aliphatic carbocycles.